The third-order valence-electron chi connectivity index (χ3n) is 5.83. The molecule has 5 rings (SSSR count). The predicted octanol–water partition coefficient (Wildman–Crippen LogP) is 3.73. The van der Waals surface area contributed by atoms with Crippen molar-refractivity contribution in [3.8, 4) is 11.6 Å². The van der Waals surface area contributed by atoms with Crippen LogP contribution in [0.5, 0.6) is 0 Å². The van der Waals surface area contributed by atoms with E-state index in [0.717, 1.165) is 5.56 Å². The van der Waals surface area contributed by atoms with Crippen LogP contribution in [0.15, 0.2) is 102 Å². The summed E-state index contributed by atoms with van der Waals surface area (Å²) in [6, 6.07) is 24.6. The summed E-state index contributed by atoms with van der Waals surface area (Å²) in [5.74, 6) is 0.701. The first-order valence-corrected chi connectivity index (χ1v) is 12.0. The first-order chi connectivity index (χ1) is 18.6. The molecular formula is C28H25N7O3. The van der Waals surface area contributed by atoms with Crippen LogP contribution in [0.2, 0.25) is 0 Å². The lowest BCUT2D eigenvalue weighted by Gasteiger charge is -2.31. The van der Waals surface area contributed by atoms with Crippen LogP contribution in [0, 0.1) is 6.92 Å². The van der Waals surface area contributed by atoms with Crippen molar-refractivity contribution in [3.63, 3.8) is 0 Å². The van der Waals surface area contributed by atoms with E-state index in [2.05, 4.69) is 25.7 Å². The van der Waals surface area contributed by atoms with Crippen LogP contribution in [0.25, 0.3) is 11.6 Å². The van der Waals surface area contributed by atoms with Gasteiger partial charge in [0.05, 0.1) is 0 Å². The first kappa shape index (κ1) is 24.6. The van der Waals surface area contributed by atoms with Gasteiger partial charge >= 0.3 is 0 Å². The first-order valence-electron chi connectivity index (χ1n) is 12.0. The third kappa shape index (κ3) is 5.65. The van der Waals surface area contributed by atoms with E-state index < -0.39 is 11.9 Å². The summed E-state index contributed by atoms with van der Waals surface area (Å²) in [5, 5.41) is 15.3. The Morgan fingerprint density at radius 2 is 1.66 bits per heavy atom. The number of carbonyl (C=O) groups excluding carboxylic acids is 2. The van der Waals surface area contributed by atoms with E-state index in [-0.39, 0.29) is 18.3 Å². The highest BCUT2D eigenvalue weighted by Gasteiger charge is 2.33. The van der Waals surface area contributed by atoms with E-state index in [0.29, 0.717) is 29.3 Å². The van der Waals surface area contributed by atoms with Crippen LogP contribution < -0.4 is 10.2 Å². The molecular weight excluding hydrogens is 482 g/mol. The molecule has 1 atom stereocenters. The number of furan rings is 1. The Balaban J connectivity index is 1.46. The number of pyridine rings is 1. The number of nitrogens with zero attached hydrogens (tertiary/aromatic N) is 6. The van der Waals surface area contributed by atoms with Crippen LogP contribution in [0.1, 0.15) is 22.9 Å². The standard InChI is InChI=1S/C28H25N7O3/c1-20-12-13-24(38-20)27-31-33-34(32-27)19-25(36)35(23-10-6-3-7-11-23)26(22-14-16-29-17-15-22)28(37)30-18-21-8-4-2-5-9-21/h2-17,26H,18-19H2,1H3,(H,30,37)/t26-/m1/s1. The molecule has 0 aliphatic rings. The van der Waals surface area contributed by atoms with Gasteiger partial charge in [0.15, 0.2) is 5.76 Å². The minimum absolute atomic E-state index is 0.241. The van der Waals surface area contributed by atoms with Crippen LogP contribution in [0.4, 0.5) is 5.69 Å². The number of hydrogen-bond acceptors (Lipinski definition) is 7. The molecule has 2 aromatic carbocycles. The van der Waals surface area contributed by atoms with Crippen LogP contribution in [-0.4, -0.2) is 37.0 Å². The maximum Gasteiger partial charge on any atom is 0.251 e. The maximum atomic E-state index is 13.8. The smallest absolute Gasteiger partial charge is 0.251 e. The molecule has 0 saturated carbocycles. The fourth-order valence-electron chi connectivity index (χ4n) is 4.03. The zero-order valence-corrected chi connectivity index (χ0v) is 20.6. The largest absolute Gasteiger partial charge is 0.458 e. The number of benzene rings is 2. The van der Waals surface area contributed by atoms with Gasteiger partial charge in [-0.3, -0.25) is 19.5 Å². The highest BCUT2D eigenvalue weighted by Crippen LogP contribution is 2.28. The second-order valence-electron chi connectivity index (χ2n) is 8.54. The summed E-state index contributed by atoms with van der Waals surface area (Å²) in [6.07, 6.45) is 3.19. The third-order valence-corrected chi connectivity index (χ3v) is 5.83. The van der Waals surface area contributed by atoms with E-state index in [9.17, 15) is 9.59 Å². The minimum Gasteiger partial charge on any atom is -0.458 e. The minimum atomic E-state index is -0.965. The number of nitrogens with one attached hydrogen (secondary N) is 1. The predicted molar refractivity (Wildman–Crippen MR) is 139 cm³/mol. The van der Waals surface area contributed by atoms with Gasteiger partial charge < -0.3 is 9.73 Å². The molecule has 0 aliphatic carbocycles. The lowest BCUT2D eigenvalue weighted by Crippen LogP contribution is -2.45. The number of aryl methyl sites for hydroxylation is 1. The van der Waals surface area contributed by atoms with Crippen molar-refractivity contribution in [1.29, 1.82) is 0 Å². The molecule has 38 heavy (non-hydrogen) atoms. The molecule has 1 N–H and O–H groups in total. The number of carbonyl (C=O) groups is 2. The molecule has 0 saturated heterocycles. The summed E-state index contributed by atoms with van der Waals surface area (Å²) >= 11 is 0. The number of amides is 2. The van der Waals surface area contributed by atoms with E-state index in [1.807, 2.05) is 55.5 Å². The summed E-state index contributed by atoms with van der Waals surface area (Å²) in [4.78, 5) is 34.3. The number of rotatable bonds is 9. The molecule has 3 heterocycles. The molecule has 0 fully saturated rings. The van der Waals surface area contributed by atoms with Gasteiger partial charge in [-0.15, -0.1) is 10.2 Å². The van der Waals surface area contributed by atoms with Crippen molar-refractivity contribution in [1.82, 2.24) is 30.5 Å². The summed E-state index contributed by atoms with van der Waals surface area (Å²) in [5.41, 5.74) is 2.11. The highest BCUT2D eigenvalue weighted by molar-refractivity contribution is 6.01. The number of aromatic nitrogens is 5. The monoisotopic (exact) mass is 507 g/mol. The van der Waals surface area contributed by atoms with Crippen molar-refractivity contribution in [2.45, 2.75) is 26.1 Å². The Morgan fingerprint density at radius 3 is 2.34 bits per heavy atom. The zero-order valence-electron chi connectivity index (χ0n) is 20.6. The number of anilines is 1. The van der Waals surface area contributed by atoms with Gasteiger partial charge in [0.1, 0.15) is 18.3 Å². The Kier molecular flexibility index (Phi) is 7.30. The Labute approximate surface area is 218 Å². The topological polar surface area (TPSA) is 119 Å². The molecule has 0 bridgehead atoms. The fraction of sp³-hybridized carbons (Fsp3) is 0.143. The van der Waals surface area contributed by atoms with Gasteiger partial charge in [0, 0.05) is 24.6 Å². The Morgan fingerprint density at radius 1 is 0.947 bits per heavy atom. The second-order valence-corrected chi connectivity index (χ2v) is 8.54. The highest BCUT2D eigenvalue weighted by atomic mass is 16.3. The van der Waals surface area contributed by atoms with Gasteiger partial charge in [0.25, 0.3) is 5.91 Å². The fourth-order valence-corrected chi connectivity index (χ4v) is 4.03. The van der Waals surface area contributed by atoms with Gasteiger partial charge in [-0.25, -0.2) is 0 Å². The molecule has 190 valence electrons. The Bertz CT molecular complexity index is 1500. The molecule has 5 aromatic rings. The van der Waals surface area contributed by atoms with Crippen molar-refractivity contribution in [2.75, 3.05) is 4.90 Å². The lowest BCUT2D eigenvalue weighted by atomic mass is 10.0. The normalized spacial score (nSPS) is 11.6. The SMILES string of the molecule is Cc1ccc(-c2nnn(CC(=O)N(c3ccccc3)[C@@H](C(=O)NCc3ccccc3)c3ccncc3)n2)o1. The van der Waals surface area contributed by atoms with Crippen LogP contribution in [-0.2, 0) is 22.7 Å². The molecule has 0 spiro atoms. The van der Waals surface area contributed by atoms with Crippen molar-refractivity contribution < 1.29 is 14.0 Å². The van der Waals surface area contributed by atoms with Crippen LogP contribution >= 0.6 is 0 Å². The number of hydrogen-bond donors (Lipinski definition) is 1. The van der Waals surface area contributed by atoms with Gasteiger partial charge in [-0.2, -0.15) is 4.80 Å². The van der Waals surface area contributed by atoms with E-state index in [1.54, 1.807) is 48.8 Å². The molecule has 0 aliphatic heterocycles. The van der Waals surface area contributed by atoms with Crippen molar-refractivity contribution in [3.05, 3.63) is 114 Å². The summed E-state index contributed by atoms with van der Waals surface area (Å²) < 4.78 is 5.56. The summed E-state index contributed by atoms with van der Waals surface area (Å²) in [7, 11) is 0. The zero-order chi connectivity index (χ0) is 26.3. The molecule has 3 aromatic heterocycles. The number of para-hydroxylation sites is 1. The van der Waals surface area contributed by atoms with E-state index >= 15 is 0 Å². The van der Waals surface area contributed by atoms with Gasteiger partial charge in [-0.05, 0) is 59.7 Å². The number of tetrazole rings is 1. The van der Waals surface area contributed by atoms with E-state index in [4.69, 9.17) is 4.42 Å². The average Bonchev–Trinajstić information content (AvgIpc) is 3.60. The van der Waals surface area contributed by atoms with Crippen molar-refractivity contribution in [2.24, 2.45) is 0 Å². The van der Waals surface area contributed by atoms with Crippen molar-refractivity contribution >= 4 is 17.5 Å². The quantitative estimate of drug-likeness (QED) is 0.323. The molecule has 0 unspecified atom stereocenters. The molecule has 2 amide bonds. The lowest BCUT2D eigenvalue weighted by molar-refractivity contribution is -0.127. The molecule has 0 radical (unpaired) electrons. The van der Waals surface area contributed by atoms with Gasteiger partial charge in [0.2, 0.25) is 11.7 Å². The van der Waals surface area contributed by atoms with Gasteiger partial charge in [-0.1, -0.05) is 48.5 Å². The summed E-state index contributed by atoms with van der Waals surface area (Å²) in [6.45, 7) is 1.89. The van der Waals surface area contributed by atoms with E-state index in [1.165, 1.54) is 9.70 Å². The van der Waals surface area contributed by atoms with Crippen LogP contribution in [0.3, 0.4) is 0 Å². The average molecular weight is 508 g/mol. The maximum absolute atomic E-state index is 13.8. The Hall–Kier alpha value is -5.12. The molecule has 10 nitrogen and oxygen atoms in total. The second kappa shape index (κ2) is 11.3. The molecule has 10 heteroatoms.